The van der Waals surface area contributed by atoms with E-state index in [1.165, 1.54) is 15.9 Å². The summed E-state index contributed by atoms with van der Waals surface area (Å²) < 4.78 is 7.44. The summed E-state index contributed by atoms with van der Waals surface area (Å²) in [4.78, 5) is 10.6. The quantitative estimate of drug-likeness (QED) is 0.782. The van der Waals surface area contributed by atoms with Crippen molar-refractivity contribution in [1.82, 2.24) is 24.4 Å². The molecule has 1 unspecified atom stereocenters. The third-order valence-electron chi connectivity index (χ3n) is 4.49. The Morgan fingerprint density at radius 3 is 2.58 bits per heavy atom. The Balaban J connectivity index is 1.78. The Hall–Kier alpha value is -1.90. The zero-order valence-corrected chi connectivity index (χ0v) is 14.9. The second-order valence-corrected chi connectivity index (χ2v) is 7.34. The lowest BCUT2D eigenvalue weighted by Gasteiger charge is -2.36. The Bertz CT molecular complexity index is 859. The molecule has 24 heavy (non-hydrogen) atoms. The molecule has 0 radical (unpaired) electrons. The third-order valence-corrected chi connectivity index (χ3v) is 5.56. The highest BCUT2D eigenvalue weighted by atomic mass is 32.1. The van der Waals surface area contributed by atoms with Crippen molar-refractivity contribution in [1.29, 1.82) is 0 Å². The topological polar surface area (TPSA) is 70.0 Å². The summed E-state index contributed by atoms with van der Waals surface area (Å²) in [6.45, 7) is 7.61. The second kappa shape index (κ2) is 5.87. The molecule has 1 atom stereocenters. The highest BCUT2D eigenvalue weighted by Crippen LogP contribution is 2.40. The maximum absolute atomic E-state index is 10.7. The van der Waals surface area contributed by atoms with Crippen LogP contribution in [0.15, 0.2) is 16.5 Å². The van der Waals surface area contributed by atoms with Crippen LogP contribution in [0.25, 0.3) is 4.96 Å². The molecule has 0 amide bonds. The van der Waals surface area contributed by atoms with Crippen molar-refractivity contribution in [2.24, 2.45) is 0 Å². The van der Waals surface area contributed by atoms with Gasteiger partial charge in [0, 0.05) is 26.2 Å². The molecule has 0 aromatic carbocycles. The van der Waals surface area contributed by atoms with Crippen LogP contribution in [-0.4, -0.2) is 62.7 Å². The SMILES string of the molecule is Cc1nc2sc(C(c3ccc(C)o3)N3CCN(C)CC3)c(O)n2n1. The van der Waals surface area contributed by atoms with Crippen molar-refractivity contribution in [2.75, 3.05) is 33.2 Å². The highest BCUT2D eigenvalue weighted by molar-refractivity contribution is 7.17. The van der Waals surface area contributed by atoms with Crippen molar-refractivity contribution < 1.29 is 9.52 Å². The summed E-state index contributed by atoms with van der Waals surface area (Å²) in [5.41, 5.74) is 0. The van der Waals surface area contributed by atoms with Crippen LogP contribution in [0.2, 0.25) is 0 Å². The van der Waals surface area contributed by atoms with Crippen LogP contribution in [-0.2, 0) is 0 Å². The third kappa shape index (κ3) is 2.60. The molecule has 128 valence electrons. The lowest BCUT2D eigenvalue weighted by atomic mass is 10.1. The molecule has 1 fully saturated rings. The van der Waals surface area contributed by atoms with Crippen LogP contribution in [0.5, 0.6) is 5.88 Å². The number of nitrogens with zero attached hydrogens (tertiary/aromatic N) is 5. The molecule has 0 saturated carbocycles. The van der Waals surface area contributed by atoms with Gasteiger partial charge >= 0.3 is 0 Å². The Morgan fingerprint density at radius 2 is 1.96 bits per heavy atom. The molecule has 8 heteroatoms. The number of rotatable bonds is 3. The van der Waals surface area contributed by atoms with Gasteiger partial charge in [0.15, 0.2) is 0 Å². The Kier molecular flexibility index (Phi) is 3.82. The first-order chi connectivity index (χ1) is 11.5. The van der Waals surface area contributed by atoms with Gasteiger partial charge in [-0.05, 0) is 33.0 Å². The van der Waals surface area contributed by atoms with Gasteiger partial charge in [-0.15, -0.1) is 5.10 Å². The van der Waals surface area contributed by atoms with E-state index in [4.69, 9.17) is 4.42 Å². The lowest BCUT2D eigenvalue weighted by Crippen LogP contribution is -2.46. The molecule has 0 bridgehead atoms. The van der Waals surface area contributed by atoms with Crippen LogP contribution in [0.3, 0.4) is 0 Å². The predicted molar refractivity (Wildman–Crippen MR) is 91.6 cm³/mol. The molecule has 1 aliphatic rings. The normalized spacial score (nSPS) is 18.5. The fourth-order valence-electron chi connectivity index (χ4n) is 3.18. The van der Waals surface area contributed by atoms with Gasteiger partial charge in [-0.25, -0.2) is 4.98 Å². The molecule has 0 aliphatic carbocycles. The van der Waals surface area contributed by atoms with E-state index in [0.717, 1.165) is 42.6 Å². The second-order valence-electron chi connectivity index (χ2n) is 6.33. The first kappa shape index (κ1) is 15.6. The summed E-state index contributed by atoms with van der Waals surface area (Å²) >= 11 is 1.48. The molecule has 3 aromatic heterocycles. The zero-order chi connectivity index (χ0) is 16.8. The fourth-order valence-corrected chi connectivity index (χ4v) is 4.32. The smallest absolute Gasteiger partial charge is 0.230 e. The number of furan rings is 1. The first-order valence-corrected chi connectivity index (χ1v) is 8.88. The van der Waals surface area contributed by atoms with E-state index in [0.29, 0.717) is 10.8 Å². The van der Waals surface area contributed by atoms with Crippen molar-refractivity contribution in [2.45, 2.75) is 19.9 Å². The summed E-state index contributed by atoms with van der Waals surface area (Å²) in [5, 5.41) is 15.0. The molecule has 4 heterocycles. The molecule has 4 rings (SSSR count). The fraction of sp³-hybridized carbons (Fsp3) is 0.500. The number of likely N-dealkylation sites (N-methyl/N-ethyl adjacent to an activating group) is 1. The number of piperazine rings is 1. The number of aryl methyl sites for hydroxylation is 2. The average Bonchev–Trinajstić information content (AvgIpc) is 3.20. The van der Waals surface area contributed by atoms with Gasteiger partial charge in [0.1, 0.15) is 23.4 Å². The standard InChI is InChI=1S/C16H21N5O2S/c1-10-4-5-12(23-10)13(20-8-6-19(3)7-9-20)14-15(22)21-16(24-14)17-11(2)18-21/h4-5,13,22H,6-9H2,1-3H3. The van der Waals surface area contributed by atoms with Gasteiger partial charge < -0.3 is 14.4 Å². The van der Waals surface area contributed by atoms with Crippen molar-refractivity contribution >= 4 is 16.3 Å². The van der Waals surface area contributed by atoms with Crippen LogP contribution in [0.4, 0.5) is 0 Å². The number of hydrogen-bond donors (Lipinski definition) is 1. The van der Waals surface area contributed by atoms with E-state index in [-0.39, 0.29) is 11.9 Å². The molecule has 1 aliphatic heterocycles. The van der Waals surface area contributed by atoms with E-state index < -0.39 is 0 Å². The van der Waals surface area contributed by atoms with E-state index in [1.807, 2.05) is 26.0 Å². The highest BCUT2D eigenvalue weighted by Gasteiger charge is 2.33. The zero-order valence-electron chi connectivity index (χ0n) is 14.1. The number of hydrogen-bond acceptors (Lipinski definition) is 7. The van der Waals surface area contributed by atoms with E-state index in [1.54, 1.807) is 0 Å². The Labute approximate surface area is 144 Å². The van der Waals surface area contributed by atoms with Gasteiger partial charge in [-0.2, -0.15) is 4.52 Å². The lowest BCUT2D eigenvalue weighted by molar-refractivity contribution is 0.117. The van der Waals surface area contributed by atoms with Crippen molar-refractivity contribution in [3.63, 3.8) is 0 Å². The van der Waals surface area contributed by atoms with Gasteiger partial charge in [-0.3, -0.25) is 4.90 Å². The molecular weight excluding hydrogens is 326 g/mol. The van der Waals surface area contributed by atoms with Gasteiger partial charge in [-0.1, -0.05) is 11.3 Å². The molecule has 0 spiro atoms. The van der Waals surface area contributed by atoms with Crippen LogP contribution < -0.4 is 0 Å². The largest absolute Gasteiger partial charge is 0.492 e. The van der Waals surface area contributed by atoms with E-state index in [2.05, 4.69) is 26.9 Å². The van der Waals surface area contributed by atoms with Crippen LogP contribution >= 0.6 is 11.3 Å². The summed E-state index contributed by atoms with van der Waals surface area (Å²) in [7, 11) is 2.13. The number of aromatic nitrogens is 3. The van der Waals surface area contributed by atoms with Crippen LogP contribution in [0, 0.1) is 13.8 Å². The minimum atomic E-state index is -0.110. The minimum absolute atomic E-state index is 0.110. The summed E-state index contributed by atoms with van der Waals surface area (Å²) in [5.74, 6) is 2.55. The molecule has 1 N–H and O–H groups in total. The first-order valence-electron chi connectivity index (χ1n) is 8.07. The van der Waals surface area contributed by atoms with Crippen molar-refractivity contribution in [3.8, 4) is 5.88 Å². The maximum Gasteiger partial charge on any atom is 0.230 e. The molecule has 7 nitrogen and oxygen atoms in total. The van der Waals surface area contributed by atoms with Gasteiger partial charge in [0.05, 0.1) is 4.88 Å². The van der Waals surface area contributed by atoms with Gasteiger partial charge in [0.2, 0.25) is 10.8 Å². The molecular formula is C16H21N5O2S. The molecule has 1 saturated heterocycles. The van der Waals surface area contributed by atoms with E-state index in [9.17, 15) is 5.11 Å². The molecule has 3 aromatic rings. The number of thiazole rings is 1. The average molecular weight is 347 g/mol. The van der Waals surface area contributed by atoms with Crippen LogP contribution in [0.1, 0.15) is 28.3 Å². The van der Waals surface area contributed by atoms with Gasteiger partial charge in [0.25, 0.3) is 0 Å². The maximum atomic E-state index is 10.7. The Morgan fingerprint density at radius 1 is 1.21 bits per heavy atom. The monoisotopic (exact) mass is 347 g/mol. The summed E-state index contributed by atoms with van der Waals surface area (Å²) in [6, 6.07) is 3.86. The number of fused-ring (bicyclic) bond motifs is 1. The summed E-state index contributed by atoms with van der Waals surface area (Å²) in [6.07, 6.45) is 0. The van der Waals surface area contributed by atoms with Crippen molar-refractivity contribution in [3.05, 3.63) is 34.4 Å². The van der Waals surface area contributed by atoms with E-state index >= 15 is 0 Å². The predicted octanol–water partition coefficient (Wildman–Crippen LogP) is 2.04. The minimum Gasteiger partial charge on any atom is -0.492 e. The number of aromatic hydroxyl groups is 1.